The molecule has 19 nitrogen and oxygen atoms in total. The molecule has 0 saturated heterocycles. The lowest BCUT2D eigenvalue weighted by Crippen LogP contribution is -2.20. The number of rotatable bonds is 17. The Kier molecular flexibility index (Phi) is 12.1. The van der Waals surface area contributed by atoms with Crippen LogP contribution in [0, 0.1) is 13.8 Å². The maximum Gasteiger partial charge on any atom is 0.276 e. The van der Waals surface area contributed by atoms with Crippen LogP contribution in [0.4, 0.5) is 11.9 Å². The normalized spacial score (nSPS) is 11.4. The number of methoxy groups -OCH3 is 2. The van der Waals surface area contributed by atoms with E-state index in [2.05, 4.69) is 20.8 Å². The minimum absolute atomic E-state index is 0.124. The average molecular weight is 843 g/mol. The fourth-order valence-electron chi connectivity index (χ4n) is 7.07. The van der Waals surface area contributed by atoms with E-state index >= 15 is 0 Å². The monoisotopic (exact) mass is 842 g/mol. The highest BCUT2D eigenvalue weighted by Gasteiger charge is 2.24. The largest absolute Gasteiger partial charge is 0.497 e. The van der Waals surface area contributed by atoms with Gasteiger partial charge >= 0.3 is 0 Å². The molecular weight excluding hydrogens is 797 g/mol. The van der Waals surface area contributed by atoms with E-state index < -0.39 is 23.6 Å². The molecule has 0 bridgehead atoms. The summed E-state index contributed by atoms with van der Waals surface area (Å²) in [5.41, 5.74) is 16.3. The minimum Gasteiger partial charge on any atom is -0.497 e. The topological polar surface area (TPSA) is 243 Å². The van der Waals surface area contributed by atoms with Crippen LogP contribution in [0.3, 0.4) is 0 Å². The van der Waals surface area contributed by atoms with E-state index in [0.29, 0.717) is 75.2 Å². The number of allylic oxidation sites excluding steroid dienone is 2. The van der Waals surface area contributed by atoms with Gasteiger partial charge in [0, 0.05) is 37.3 Å². The zero-order valence-electron chi connectivity index (χ0n) is 35.1. The van der Waals surface area contributed by atoms with Gasteiger partial charge in [-0.25, -0.2) is 9.97 Å². The van der Waals surface area contributed by atoms with Crippen LogP contribution in [0.1, 0.15) is 72.5 Å². The van der Waals surface area contributed by atoms with Crippen LogP contribution in [0.5, 0.6) is 17.2 Å². The van der Waals surface area contributed by atoms with Gasteiger partial charge in [-0.1, -0.05) is 24.3 Å². The summed E-state index contributed by atoms with van der Waals surface area (Å²) in [7, 11) is 3.04. The molecule has 0 atom stereocenters. The highest BCUT2D eigenvalue weighted by atomic mass is 16.5. The molecule has 4 aromatic heterocycles. The van der Waals surface area contributed by atoms with Gasteiger partial charge in [-0.15, -0.1) is 0 Å². The third-order valence-electron chi connectivity index (χ3n) is 10.0. The van der Waals surface area contributed by atoms with Crippen molar-refractivity contribution in [2.24, 2.45) is 11.5 Å². The SMILES string of the molecule is CCn1nc(C)cc1C(=O)Nc1nc2cc(C(N)=O)cc(OC)c2n1C/C=C/Cn1c(NC(=O)c2cc(C)nn2CC)nc2cc(C(N)=O)cc(OCc3ccc(OC)cc3)c21. The van der Waals surface area contributed by atoms with Crippen molar-refractivity contribution in [2.45, 2.75) is 60.5 Å². The first-order valence-corrected chi connectivity index (χ1v) is 19.7. The van der Waals surface area contributed by atoms with Crippen LogP contribution < -0.4 is 36.3 Å². The molecule has 320 valence electrons. The number of ether oxygens (including phenoxy) is 3. The number of fused-ring (bicyclic) bond motifs is 2. The molecule has 7 aromatic rings. The molecule has 19 heteroatoms. The molecule has 6 N–H and O–H groups in total. The maximum absolute atomic E-state index is 13.8. The predicted molar refractivity (Wildman–Crippen MR) is 231 cm³/mol. The predicted octanol–water partition coefficient (Wildman–Crippen LogP) is 4.99. The van der Waals surface area contributed by atoms with E-state index in [0.717, 1.165) is 5.56 Å². The Bertz CT molecular complexity index is 2880. The summed E-state index contributed by atoms with van der Waals surface area (Å²) in [6, 6.07) is 16.8. The molecule has 3 aromatic carbocycles. The van der Waals surface area contributed by atoms with Crippen molar-refractivity contribution in [1.29, 1.82) is 0 Å². The number of nitrogens with one attached hydrogen (secondary N) is 2. The van der Waals surface area contributed by atoms with Gasteiger partial charge in [0.05, 0.1) is 36.6 Å². The van der Waals surface area contributed by atoms with Crippen molar-refractivity contribution in [3.8, 4) is 17.2 Å². The molecule has 0 aliphatic heterocycles. The van der Waals surface area contributed by atoms with Crippen LogP contribution in [0.2, 0.25) is 0 Å². The number of carbonyl (C=O) groups is 4. The number of imidazole rings is 2. The summed E-state index contributed by atoms with van der Waals surface area (Å²) >= 11 is 0. The number of hydrogen-bond acceptors (Lipinski definition) is 11. The van der Waals surface area contributed by atoms with Crippen molar-refractivity contribution in [3.05, 3.63) is 112 Å². The van der Waals surface area contributed by atoms with E-state index in [1.54, 1.807) is 63.7 Å². The summed E-state index contributed by atoms with van der Waals surface area (Å²) < 4.78 is 24.0. The first-order chi connectivity index (χ1) is 29.8. The van der Waals surface area contributed by atoms with Crippen molar-refractivity contribution < 1.29 is 33.4 Å². The van der Waals surface area contributed by atoms with Crippen molar-refractivity contribution in [1.82, 2.24) is 38.7 Å². The van der Waals surface area contributed by atoms with Gasteiger partial charge < -0.3 is 34.8 Å². The molecule has 4 heterocycles. The standard InChI is InChI=1S/C43H46N12O7/c1-7-54-32(17-24(3)50-54)40(58)48-42-46-30-19-27(38(44)56)21-34(61-6)36(30)52(42)15-9-10-16-53-37-31(47-43(53)49-41(59)33-18-25(4)51-55(33)8-2)20-28(39(45)57)22-35(37)62-23-26-11-13-29(60-5)14-12-26/h9-14,17-22H,7-8,15-16,23H2,1-6H3,(H2,44,56)(H2,45,57)(H,46,48,58)(H,47,49,59)/b10-9+. The zero-order chi connectivity index (χ0) is 44.2. The molecule has 7 rings (SSSR count). The number of nitrogens with zero attached hydrogens (tertiary/aromatic N) is 8. The Morgan fingerprint density at radius 1 is 0.661 bits per heavy atom. The number of aryl methyl sites for hydroxylation is 4. The summed E-state index contributed by atoms with van der Waals surface area (Å²) in [5, 5.41) is 14.7. The molecule has 0 aliphatic carbocycles. The molecule has 0 aliphatic rings. The smallest absolute Gasteiger partial charge is 0.276 e. The van der Waals surface area contributed by atoms with E-state index in [-0.39, 0.29) is 42.7 Å². The summed E-state index contributed by atoms with van der Waals surface area (Å²) in [5.74, 6) is -0.624. The fourth-order valence-corrected chi connectivity index (χ4v) is 7.07. The fraction of sp³-hybridized carbons (Fsp3) is 0.256. The molecule has 4 amide bonds. The summed E-state index contributed by atoms with van der Waals surface area (Å²) in [4.78, 5) is 61.7. The van der Waals surface area contributed by atoms with Gasteiger partial charge in [0.25, 0.3) is 11.8 Å². The second-order valence-corrected chi connectivity index (χ2v) is 14.2. The van der Waals surface area contributed by atoms with Crippen molar-refractivity contribution >= 4 is 57.6 Å². The number of anilines is 2. The number of amides is 4. The third kappa shape index (κ3) is 8.53. The molecule has 0 spiro atoms. The number of hydrogen-bond donors (Lipinski definition) is 4. The van der Waals surface area contributed by atoms with Crippen LogP contribution in [-0.4, -0.2) is 76.5 Å². The Hall–Kier alpha value is -7.96. The lowest BCUT2D eigenvalue weighted by atomic mass is 10.1. The second kappa shape index (κ2) is 17.7. The number of benzene rings is 3. The third-order valence-corrected chi connectivity index (χ3v) is 10.0. The van der Waals surface area contributed by atoms with Gasteiger partial charge in [0.15, 0.2) is 0 Å². The highest BCUT2D eigenvalue weighted by Crippen LogP contribution is 2.33. The maximum atomic E-state index is 13.8. The van der Waals surface area contributed by atoms with E-state index in [1.165, 1.54) is 19.2 Å². The molecule has 0 saturated carbocycles. The van der Waals surface area contributed by atoms with Crippen molar-refractivity contribution in [3.63, 3.8) is 0 Å². The van der Waals surface area contributed by atoms with Gasteiger partial charge in [0.1, 0.15) is 46.3 Å². The van der Waals surface area contributed by atoms with Gasteiger partial charge in [0.2, 0.25) is 23.7 Å². The van der Waals surface area contributed by atoms with E-state index in [9.17, 15) is 19.2 Å². The molecule has 0 unspecified atom stereocenters. The van der Waals surface area contributed by atoms with E-state index in [1.807, 2.05) is 50.3 Å². The molecule has 0 fully saturated rings. The van der Waals surface area contributed by atoms with Crippen LogP contribution in [0.15, 0.2) is 72.8 Å². The van der Waals surface area contributed by atoms with Crippen LogP contribution in [0.25, 0.3) is 22.1 Å². The molecular formula is C43H46N12O7. The molecule has 0 radical (unpaired) electrons. The quantitative estimate of drug-likeness (QED) is 0.0890. The Morgan fingerprint density at radius 3 is 1.56 bits per heavy atom. The molecule has 62 heavy (non-hydrogen) atoms. The number of aromatic nitrogens is 8. The van der Waals surface area contributed by atoms with Gasteiger partial charge in [-0.05, 0) is 81.8 Å². The number of nitrogens with two attached hydrogens (primary N) is 2. The first kappa shape index (κ1) is 42.2. The lowest BCUT2D eigenvalue weighted by Gasteiger charge is -2.13. The zero-order valence-corrected chi connectivity index (χ0v) is 35.1. The minimum atomic E-state index is -0.688. The number of carbonyl (C=O) groups excluding carboxylic acids is 4. The van der Waals surface area contributed by atoms with E-state index in [4.69, 9.17) is 35.6 Å². The van der Waals surface area contributed by atoms with Crippen molar-refractivity contribution in [2.75, 3.05) is 24.9 Å². The Labute approximate surface area is 355 Å². The van der Waals surface area contributed by atoms with Gasteiger partial charge in [-0.3, -0.25) is 39.2 Å². The van der Waals surface area contributed by atoms with Crippen LogP contribution >= 0.6 is 0 Å². The first-order valence-electron chi connectivity index (χ1n) is 19.7. The van der Waals surface area contributed by atoms with Gasteiger partial charge in [-0.2, -0.15) is 10.2 Å². The average Bonchev–Trinajstić information content (AvgIpc) is 4.03. The lowest BCUT2D eigenvalue weighted by molar-refractivity contribution is 0.0991. The summed E-state index contributed by atoms with van der Waals surface area (Å²) in [6.07, 6.45) is 3.67. The summed E-state index contributed by atoms with van der Waals surface area (Å²) in [6.45, 7) is 8.71. The number of primary amides is 2. The second-order valence-electron chi connectivity index (χ2n) is 14.2. The Balaban J connectivity index is 1.29. The highest BCUT2D eigenvalue weighted by molar-refractivity contribution is 6.05. The van der Waals surface area contributed by atoms with Crippen LogP contribution in [-0.2, 0) is 32.8 Å². The Morgan fingerprint density at radius 2 is 1.13 bits per heavy atom.